The maximum absolute atomic E-state index is 12.7. The third kappa shape index (κ3) is 4.58. The van der Waals surface area contributed by atoms with E-state index in [1.807, 2.05) is 38.1 Å². The van der Waals surface area contributed by atoms with Gasteiger partial charge in [0, 0.05) is 19.9 Å². The predicted molar refractivity (Wildman–Crippen MR) is 90.6 cm³/mol. The summed E-state index contributed by atoms with van der Waals surface area (Å²) >= 11 is 0. The van der Waals surface area contributed by atoms with Crippen LogP contribution in [0.15, 0.2) is 24.3 Å². The van der Waals surface area contributed by atoms with Crippen LogP contribution in [0.4, 0.5) is 0 Å². The molecule has 6 nitrogen and oxygen atoms in total. The summed E-state index contributed by atoms with van der Waals surface area (Å²) in [6, 6.07) is 7.25. The molecule has 2 atom stereocenters. The molecule has 1 aromatic rings. The van der Waals surface area contributed by atoms with E-state index in [-0.39, 0.29) is 17.7 Å². The van der Waals surface area contributed by atoms with Gasteiger partial charge >= 0.3 is 7.69 Å². The first-order chi connectivity index (χ1) is 11.4. The average molecular weight is 331 g/mol. The second kappa shape index (κ2) is 8.30. The highest BCUT2D eigenvalue weighted by Gasteiger charge is 2.34. The van der Waals surface area contributed by atoms with Crippen LogP contribution in [0.5, 0.6) is 0 Å². The lowest BCUT2D eigenvalue weighted by Crippen LogP contribution is -2.54. The van der Waals surface area contributed by atoms with Crippen molar-refractivity contribution in [2.45, 2.75) is 52.4 Å². The van der Waals surface area contributed by atoms with Crippen molar-refractivity contribution in [3.8, 4) is 0 Å². The van der Waals surface area contributed by atoms with Crippen molar-refractivity contribution in [1.29, 1.82) is 0 Å². The highest BCUT2D eigenvalue weighted by molar-refractivity contribution is 6.15. The van der Waals surface area contributed by atoms with Crippen molar-refractivity contribution >= 4 is 19.5 Å². The molecule has 1 aromatic carbocycles. The Bertz CT molecular complexity index is 594. The van der Waals surface area contributed by atoms with Gasteiger partial charge in [0.2, 0.25) is 11.8 Å². The summed E-state index contributed by atoms with van der Waals surface area (Å²) in [7, 11) is 0.590. The van der Waals surface area contributed by atoms with Gasteiger partial charge in [0.25, 0.3) is 0 Å². The molecular formula is C17H24BN2O4. The predicted octanol–water partition coefficient (Wildman–Crippen LogP) is 0.991. The quantitative estimate of drug-likeness (QED) is 0.602. The van der Waals surface area contributed by atoms with E-state index in [9.17, 15) is 9.59 Å². The minimum absolute atomic E-state index is 0.139. The number of hydrogen-bond donors (Lipinski definition) is 2. The summed E-state index contributed by atoms with van der Waals surface area (Å²) < 4.78 is 5.07. The van der Waals surface area contributed by atoms with Crippen molar-refractivity contribution in [1.82, 2.24) is 10.2 Å². The molecule has 0 aliphatic carbocycles. The number of hydrogen-bond acceptors (Lipinski definition) is 4. The zero-order chi connectivity index (χ0) is 17.7. The van der Waals surface area contributed by atoms with Crippen molar-refractivity contribution in [3.63, 3.8) is 0 Å². The molecule has 1 radical (unpaired) electrons. The number of amides is 2. The molecule has 7 heteroatoms. The Morgan fingerprint density at radius 3 is 2.62 bits per heavy atom. The summed E-state index contributed by atoms with van der Waals surface area (Å²) in [5, 5.41) is 11.7. The van der Waals surface area contributed by atoms with Crippen LogP contribution in [0, 0.1) is 5.92 Å². The molecule has 0 fully saturated rings. The molecule has 129 valence electrons. The molecule has 1 unspecified atom stereocenters. The third-order valence-corrected chi connectivity index (χ3v) is 4.17. The van der Waals surface area contributed by atoms with Gasteiger partial charge in [0.15, 0.2) is 0 Å². The average Bonchev–Trinajstić information content (AvgIpc) is 2.53. The molecule has 2 amide bonds. The SMILES string of the molecule is CC(=O)N1Cc2ccccc2CC1C(=O)N[C@@H](CC(C)C)O[B]O. The Morgan fingerprint density at radius 1 is 1.38 bits per heavy atom. The van der Waals surface area contributed by atoms with E-state index in [1.165, 1.54) is 6.92 Å². The Morgan fingerprint density at radius 2 is 2.04 bits per heavy atom. The van der Waals surface area contributed by atoms with Crippen LogP contribution in [-0.2, 0) is 27.2 Å². The highest BCUT2D eigenvalue weighted by Crippen LogP contribution is 2.23. The molecule has 2 rings (SSSR count). The lowest BCUT2D eigenvalue weighted by atomic mass is 9.93. The second-order valence-corrected chi connectivity index (χ2v) is 6.50. The minimum Gasteiger partial charge on any atom is -0.429 e. The normalized spacial score (nSPS) is 18.0. The second-order valence-electron chi connectivity index (χ2n) is 6.50. The van der Waals surface area contributed by atoms with Crippen molar-refractivity contribution in [2.75, 3.05) is 0 Å². The summed E-state index contributed by atoms with van der Waals surface area (Å²) in [6.07, 6.45) is 0.416. The van der Waals surface area contributed by atoms with Gasteiger partial charge in [-0.2, -0.15) is 0 Å². The molecule has 0 saturated heterocycles. The van der Waals surface area contributed by atoms with E-state index in [2.05, 4.69) is 5.32 Å². The van der Waals surface area contributed by atoms with Gasteiger partial charge in [-0.3, -0.25) is 9.59 Å². The lowest BCUT2D eigenvalue weighted by Gasteiger charge is -2.36. The van der Waals surface area contributed by atoms with E-state index >= 15 is 0 Å². The molecule has 2 N–H and O–H groups in total. The summed E-state index contributed by atoms with van der Waals surface area (Å²) in [6.45, 7) is 5.89. The number of carbonyl (C=O) groups is 2. The highest BCUT2D eigenvalue weighted by atomic mass is 16.5. The van der Waals surface area contributed by atoms with E-state index < -0.39 is 12.3 Å². The Balaban J connectivity index is 2.15. The fourth-order valence-electron chi connectivity index (χ4n) is 2.99. The van der Waals surface area contributed by atoms with Gasteiger partial charge < -0.3 is 19.9 Å². The minimum atomic E-state index is -0.617. The summed E-state index contributed by atoms with van der Waals surface area (Å²) in [5.41, 5.74) is 2.14. The van der Waals surface area contributed by atoms with Gasteiger partial charge in [-0.15, -0.1) is 0 Å². The largest absolute Gasteiger partial charge is 0.486 e. The Hall–Kier alpha value is -1.86. The van der Waals surface area contributed by atoms with Crippen molar-refractivity contribution < 1.29 is 19.3 Å². The molecule has 0 spiro atoms. The van der Waals surface area contributed by atoms with Crippen LogP contribution < -0.4 is 5.32 Å². The number of benzene rings is 1. The van der Waals surface area contributed by atoms with Crippen LogP contribution in [0.2, 0.25) is 0 Å². The number of nitrogens with one attached hydrogen (secondary N) is 1. The summed E-state index contributed by atoms with van der Waals surface area (Å²) in [5.74, 6) is -0.127. The monoisotopic (exact) mass is 331 g/mol. The maximum atomic E-state index is 12.7. The Kier molecular flexibility index (Phi) is 6.40. The lowest BCUT2D eigenvalue weighted by molar-refractivity contribution is -0.141. The first kappa shape index (κ1) is 18.5. The number of nitrogens with zero attached hydrogens (tertiary/aromatic N) is 1. The molecule has 1 aliphatic rings. The maximum Gasteiger partial charge on any atom is 0.486 e. The fourth-order valence-corrected chi connectivity index (χ4v) is 2.99. The third-order valence-electron chi connectivity index (χ3n) is 4.17. The molecule has 0 saturated carbocycles. The zero-order valence-corrected chi connectivity index (χ0v) is 14.4. The van der Waals surface area contributed by atoms with Crippen LogP contribution in [0.1, 0.15) is 38.3 Å². The van der Waals surface area contributed by atoms with Gasteiger partial charge in [-0.05, 0) is 23.5 Å². The van der Waals surface area contributed by atoms with E-state index in [0.29, 0.717) is 27.1 Å². The molecule has 0 bridgehead atoms. The van der Waals surface area contributed by atoms with Crippen molar-refractivity contribution in [2.24, 2.45) is 5.92 Å². The zero-order valence-electron chi connectivity index (χ0n) is 14.4. The van der Waals surface area contributed by atoms with E-state index in [4.69, 9.17) is 9.68 Å². The van der Waals surface area contributed by atoms with Crippen molar-refractivity contribution in [3.05, 3.63) is 35.4 Å². The summed E-state index contributed by atoms with van der Waals surface area (Å²) in [4.78, 5) is 26.3. The first-order valence-electron chi connectivity index (χ1n) is 8.18. The van der Waals surface area contributed by atoms with E-state index in [1.54, 1.807) is 4.90 Å². The van der Waals surface area contributed by atoms with Crippen LogP contribution in [0.3, 0.4) is 0 Å². The molecule has 1 heterocycles. The van der Waals surface area contributed by atoms with E-state index in [0.717, 1.165) is 11.1 Å². The molecule has 1 aliphatic heterocycles. The molecule has 24 heavy (non-hydrogen) atoms. The van der Waals surface area contributed by atoms with Gasteiger partial charge in [0.1, 0.15) is 12.3 Å². The number of fused-ring (bicyclic) bond motifs is 1. The number of carbonyl (C=O) groups excluding carboxylic acids is 2. The van der Waals surface area contributed by atoms with Gasteiger partial charge in [0.05, 0.1) is 0 Å². The van der Waals surface area contributed by atoms with Gasteiger partial charge in [-0.1, -0.05) is 38.1 Å². The van der Waals surface area contributed by atoms with Crippen LogP contribution >= 0.6 is 0 Å². The fraction of sp³-hybridized carbons (Fsp3) is 0.529. The topological polar surface area (TPSA) is 78.9 Å². The van der Waals surface area contributed by atoms with Gasteiger partial charge in [-0.25, -0.2) is 0 Å². The smallest absolute Gasteiger partial charge is 0.429 e. The molecule has 0 aromatic heterocycles. The Labute approximate surface area is 143 Å². The van der Waals surface area contributed by atoms with Crippen LogP contribution in [0.25, 0.3) is 0 Å². The number of rotatable bonds is 6. The van der Waals surface area contributed by atoms with Crippen LogP contribution in [-0.4, -0.2) is 41.7 Å². The molecular weight excluding hydrogens is 307 g/mol. The first-order valence-corrected chi connectivity index (χ1v) is 8.18. The standard InChI is InChI=1S/C17H24BN2O4/c1-11(2)8-16(24-18-23)19-17(22)15-9-13-6-4-5-7-14(13)10-20(15)12(3)21/h4-7,11,15-16,23H,8-10H2,1-3H3,(H,19,22)/t15?,16-/m1/s1.